The fourth-order valence-electron chi connectivity index (χ4n) is 2.16. The summed E-state index contributed by atoms with van der Waals surface area (Å²) in [6, 6.07) is 24.1. The summed E-state index contributed by atoms with van der Waals surface area (Å²) >= 11 is 0. The van der Waals surface area contributed by atoms with Crippen LogP contribution in [-0.4, -0.2) is 12.0 Å². The minimum Gasteiger partial charge on any atom is -0.423 e. The second kappa shape index (κ2) is 7.79. The van der Waals surface area contributed by atoms with E-state index >= 15 is 0 Å². The van der Waals surface area contributed by atoms with Gasteiger partial charge in [0.1, 0.15) is 5.75 Å². The van der Waals surface area contributed by atoms with Gasteiger partial charge in [-0.15, -0.1) is 0 Å². The van der Waals surface area contributed by atoms with E-state index in [0.29, 0.717) is 22.7 Å². The summed E-state index contributed by atoms with van der Waals surface area (Å²) in [6.45, 7) is 0. The molecule has 0 fully saturated rings. The lowest BCUT2D eigenvalue weighted by Crippen LogP contribution is -2.19. The van der Waals surface area contributed by atoms with E-state index in [1.807, 2.05) is 24.3 Å². The van der Waals surface area contributed by atoms with Crippen LogP contribution in [0.3, 0.4) is 0 Å². The predicted octanol–water partition coefficient (Wildman–Crippen LogP) is 4.55. The molecule has 0 heterocycles. The second-order valence-corrected chi connectivity index (χ2v) is 5.23. The van der Waals surface area contributed by atoms with Gasteiger partial charge in [0.15, 0.2) is 0 Å². The first kappa shape index (κ1) is 16.3. The summed E-state index contributed by atoms with van der Waals surface area (Å²) in [5, 5.41) is 5.44. The van der Waals surface area contributed by atoms with E-state index in [9.17, 15) is 9.59 Å². The molecule has 0 spiro atoms. The molecule has 0 saturated heterocycles. The predicted molar refractivity (Wildman–Crippen MR) is 96.9 cm³/mol. The molecule has 2 amide bonds. The Morgan fingerprint density at radius 2 is 1.16 bits per heavy atom. The highest BCUT2D eigenvalue weighted by atomic mass is 16.5. The zero-order valence-corrected chi connectivity index (χ0v) is 13.3. The Bertz CT molecular complexity index is 847. The Morgan fingerprint density at radius 3 is 1.76 bits per heavy atom. The van der Waals surface area contributed by atoms with Gasteiger partial charge in [-0.25, -0.2) is 9.59 Å². The fourth-order valence-corrected chi connectivity index (χ4v) is 2.16. The van der Waals surface area contributed by atoms with Gasteiger partial charge in [0, 0.05) is 11.4 Å². The molecule has 5 heteroatoms. The Balaban J connectivity index is 1.57. The molecule has 0 aromatic heterocycles. The zero-order valence-electron chi connectivity index (χ0n) is 13.3. The van der Waals surface area contributed by atoms with Crippen LogP contribution in [0, 0.1) is 0 Å². The summed E-state index contributed by atoms with van der Waals surface area (Å²) in [5.74, 6) is -0.0222. The van der Waals surface area contributed by atoms with Crippen LogP contribution in [0.1, 0.15) is 10.4 Å². The number of nitrogens with one attached hydrogen (secondary N) is 2. The zero-order chi connectivity index (χ0) is 17.5. The highest BCUT2D eigenvalue weighted by Crippen LogP contribution is 2.17. The first-order valence-corrected chi connectivity index (χ1v) is 7.71. The van der Waals surface area contributed by atoms with E-state index in [0.717, 1.165) is 0 Å². The van der Waals surface area contributed by atoms with Gasteiger partial charge in [-0.3, -0.25) is 0 Å². The summed E-state index contributed by atoms with van der Waals surface area (Å²) in [7, 11) is 0. The normalized spacial score (nSPS) is 9.92. The van der Waals surface area contributed by atoms with Crippen molar-refractivity contribution in [1.29, 1.82) is 0 Å². The summed E-state index contributed by atoms with van der Waals surface area (Å²) in [4.78, 5) is 23.9. The molecular weight excluding hydrogens is 316 g/mol. The van der Waals surface area contributed by atoms with Crippen molar-refractivity contribution in [3.05, 3.63) is 90.5 Å². The van der Waals surface area contributed by atoms with Crippen LogP contribution in [-0.2, 0) is 0 Å². The molecule has 2 N–H and O–H groups in total. The summed E-state index contributed by atoms with van der Waals surface area (Å²) in [6.07, 6.45) is 0. The summed E-state index contributed by atoms with van der Waals surface area (Å²) in [5.41, 5.74) is 1.77. The smallest absolute Gasteiger partial charge is 0.343 e. The van der Waals surface area contributed by atoms with Crippen molar-refractivity contribution in [2.45, 2.75) is 0 Å². The Kier molecular flexibility index (Phi) is 5.07. The average Bonchev–Trinajstić information content (AvgIpc) is 2.65. The molecule has 3 rings (SSSR count). The van der Waals surface area contributed by atoms with Gasteiger partial charge in [-0.2, -0.15) is 0 Å². The number of carbonyl (C=O) groups is 2. The quantitative estimate of drug-likeness (QED) is 0.544. The fraction of sp³-hybridized carbons (Fsp3) is 0. The molecule has 124 valence electrons. The van der Waals surface area contributed by atoms with Gasteiger partial charge in [0.05, 0.1) is 5.56 Å². The van der Waals surface area contributed by atoms with Gasteiger partial charge >= 0.3 is 12.0 Å². The minimum atomic E-state index is -0.428. The third kappa shape index (κ3) is 4.68. The molecule has 25 heavy (non-hydrogen) atoms. The molecule has 0 unspecified atom stereocenters. The van der Waals surface area contributed by atoms with Crippen molar-refractivity contribution in [2.75, 3.05) is 10.6 Å². The largest absolute Gasteiger partial charge is 0.423 e. The van der Waals surface area contributed by atoms with E-state index in [1.165, 1.54) is 0 Å². The van der Waals surface area contributed by atoms with E-state index in [1.54, 1.807) is 60.7 Å². The highest BCUT2D eigenvalue weighted by molar-refractivity contribution is 5.99. The average molecular weight is 332 g/mol. The lowest BCUT2D eigenvalue weighted by molar-refractivity contribution is 0.0734. The lowest BCUT2D eigenvalue weighted by atomic mass is 10.2. The van der Waals surface area contributed by atoms with Crippen molar-refractivity contribution in [3.8, 4) is 5.75 Å². The minimum absolute atomic E-state index is 0.347. The molecule has 5 nitrogen and oxygen atoms in total. The van der Waals surface area contributed by atoms with Crippen LogP contribution in [0.2, 0.25) is 0 Å². The number of anilines is 2. The van der Waals surface area contributed by atoms with Crippen molar-refractivity contribution in [1.82, 2.24) is 0 Å². The monoisotopic (exact) mass is 332 g/mol. The lowest BCUT2D eigenvalue weighted by Gasteiger charge is -2.08. The van der Waals surface area contributed by atoms with Crippen LogP contribution in [0.25, 0.3) is 0 Å². The third-order valence-electron chi connectivity index (χ3n) is 3.36. The molecule has 0 radical (unpaired) electrons. The van der Waals surface area contributed by atoms with E-state index in [4.69, 9.17) is 4.74 Å². The number of esters is 1. The van der Waals surface area contributed by atoms with Crippen LogP contribution in [0.5, 0.6) is 5.75 Å². The van der Waals surface area contributed by atoms with Gasteiger partial charge in [0.25, 0.3) is 0 Å². The van der Waals surface area contributed by atoms with E-state index in [2.05, 4.69) is 10.6 Å². The number of hydrogen-bond acceptors (Lipinski definition) is 3. The van der Waals surface area contributed by atoms with Gasteiger partial charge in [0.2, 0.25) is 0 Å². The van der Waals surface area contributed by atoms with Crippen LogP contribution in [0.15, 0.2) is 84.9 Å². The number of amides is 2. The molecule has 3 aromatic carbocycles. The second-order valence-electron chi connectivity index (χ2n) is 5.23. The first-order chi connectivity index (χ1) is 12.2. The number of para-hydroxylation sites is 1. The maximum Gasteiger partial charge on any atom is 0.343 e. The van der Waals surface area contributed by atoms with Crippen molar-refractivity contribution >= 4 is 23.4 Å². The molecule has 0 aliphatic heterocycles. The van der Waals surface area contributed by atoms with Crippen LogP contribution >= 0.6 is 0 Å². The van der Waals surface area contributed by atoms with Gasteiger partial charge in [-0.05, 0) is 48.5 Å². The maximum absolute atomic E-state index is 12.0. The van der Waals surface area contributed by atoms with Gasteiger partial charge in [-0.1, -0.05) is 36.4 Å². The van der Waals surface area contributed by atoms with Crippen molar-refractivity contribution < 1.29 is 14.3 Å². The van der Waals surface area contributed by atoms with Crippen LogP contribution < -0.4 is 15.4 Å². The molecular formula is C20H16N2O3. The maximum atomic E-state index is 12.0. The Hall–Kier alpha value is -3.60. The molecule has 0 aliphatic carbocycles. The number of ether oxygens (including phenoxy) is 1. The van der Waals surface area contributed by atoms with Gasteiger partial charge < -0.3 is 15.4 Å². The number of hydrogen-bond donors (Lipinski definition) is 2. The molecule has 0 saturated carbocycles. The van der Waals surface area contributed by atoms with Crippen LogP contribution in [0.4, 0.5) is 16.2 Å². The molecule has 0 atom stereocenters. The SMILES string of the molecule is O=C(Nc1ccccc1)Nc1ccc(OC(=O)c2ccccc2)cc1. The topological polar surface area (TPSA) is 67.4 Å². The van der Waals surface area contributed by atoms with Crippen molar-refractivity contribution in [2.24, 2.45) is 0 Å². The van der Waals surface area contributed by atoms with E-state index in [-0.39, 0.29) is 6.03 Å². The Labute approximate surface area is 145 Å². The van der Waals surface area contributed by atoms with Crippen molar-refractivity contribution in [3.63, 3.8) is 0 Å². The number of rotatable bonds is 4. The summed E-state index contributed by atoms with van der Waals surface area (Å²) < 4.78 is 5.29. The highest BCUT2D eigenvalue weighted by Gasteiger charge is 2.08. The van der Waals surface area contributed by atoms with E-state index < -0.39 is 5.97 Å². The first-order valence-electron chi connectivity index (χ1n) is 7.71. The molecule has 3 aromatic rings. The standard InChI is InChI=1S/C20H16N2O3/c23-19(15-7-3-1-4-8-15)25-18-13-11-17(12-14-18)22-20(24)21-16-9-5-2-6-10-16/h1-14H,(H2,21,22,24). The Morgan fingerprint density at radius 1 is 0.640 bits per heavy atom. The third-order valence-corrected chi connectivity index (χ3v) is 3.36. The number of carbonyl (C=O) groups excluding carboxylic acids is 2. The molecule has 0 bridgehead atoms. The molecule has 0 aliphatic rings. The number of urea groups is 1. The number of benzene rings is 3.